The van der Waals surface area contributed by atoms with E-state index < -0.39 is 9.84 Å². The molecular formula is C25H29N3O4S. The number of ketones is 1. The number of ether oxygens (including phenoxy) is 1. The molecule has 0 bridgehead atoms. The minimum absolute atomic E-state index is 0.169. The van der Waals surface area contributed by atoms with E-state index in [0.29, 0.717) is 36.5 Å². The van der Waals surface area contributed by atoms with Crippen molar-refractivity contribution in [2.75, 3.05) is 24.8 Å². The molecule has 2 aliphatic heterocycles. The van der Waals surface area contributed by atoms with Gasteiger partial charge < -0.3 is 10.1 Å². The van der Waals surface area contributed by atoms with Crippen molar-refractivity contribution < 1.29 is 17.9 Å². The van der Waals surface area contributed by atoms with Crippen LogP contribution in [-0.4, -0.2) is 44.4 Å². The lowest BCUT2D eigenvalue weighted by Gasteiger charge is -2.23. The quantitative estimate of drug-likeness (QED) is 0.652. The van der Waals surface area contributed by atoms with Gasteiger partial charge in [-0.05, 0) is 56.4 Å². The monoisotopic (exact) mass is 467 g/mol. The van der Waals surface area contributed by atoms with Gasteiger partial charge in [0.25, 0.3) is 0 Å². The SMILES string of the molecule is CC1=Nc2c(Nc3ccc(C4CCCOC4)cc3S(C)(=O)=O)cc(CC(=O)C3CC3)nc2C1. The second-order valence-electron chi connectivity index (χ2n) is 9.46. The molecule has 1 atom stereocenters. The summed E-state index contributed by atoms with van der Waals surface area (Å²) in [5.74, 6) is 0.591. The van der Waals surface area contributed by atoms with Crippen LogP contribution in [0, 0.1) is 5.92 Å². The van der Waals surface area contributed by atoms with Crippen LogP contribution in [-0.2, 0) is 32.2 Å². The number of nitrogens with zero attached hydrogens (tertiary/aromatic N) is 2. The fraction of sp³-hybridized carbons (Fsp3) is 0.480. The molecule has 1 saturated heterocycles. The number of anilines is 2. The highest BCUT2D eigenvalue weighted by atomic mass is 32.2. The van der Waals surface area contributed by atoms with Crippen molar-refractivity contribution in [1.82, 2.24) is 4.98 Å². The highest BCUT2D eigenvalue weighted by Gasteiger charge is 2.30. The van der Waals surface area contributed by atoms with Crippen LogP contribution < -0.4 is 5.32 Å². The Kier molecular flexibility index (Phi) is 5.82. The molecule has 1 aromatic heterocycles. The predicted octanol–water partition coefficient (Wildman–Crippen LogP) is 4.29. The summed E-state index contributed by atoms with van der Waals surface area (Å²) >= 11 is 0. The van der Waals surface area contributed by atoms with Gasteiger partial charge in [-0.25, -0.2) is 8.42 Å². The minimum Gasteiger partial charge on any atom is -0.381 e. The van der Waals surface area contributed by atoms with Gasteiger partial charge in [0.05, 0.1) is 34.3 Å². The second-order valence-corrected chi connectivity index (χ2v) is 11.4. The Bertz CT molecular complexity index is 1240. The number of fused-ring (bicyclic) bond motifs is 1. The maximum atomic E-state index is 12.7. The van der Waals surface area contributed by atoms with Gasteiger partial charge in [-0.3, -0.25) is 14.8 Å². The van der Waals surface area contributed by atoms with Crippen molar-refractivity contribution in [2.45, 2.75) is 56.3 Å². The van der Waals surface area contributed by atoms with Crippen molar-refractivity contribution in [2.24, 2.45) is 10.9 Å². The van der Waals surface area contributed by atoms with Crippen molar-refractivity contribution in [3.8, 4) is 0 Å². The summed E-state index contributed by atoms with van der Waals surface area (Å²) in [4.78, 5) is 22.0. The van der Waals surface area contributed by atoms with E-state index in [4.69, 9.17) is 9.72 Å². The van der Waals surface area contributed by atoms with Gasteiger partial charge in [0.2, 0.25) is 0 Å². The molecule has 174 valence electrons. The normalized spacial score (nSPS) is 20.3. The molecule has 5 rings (SSSR count). The summed E-state index contributed by atoms with van der Waals surface area (Å²) in [6, 6.07) is 7.41. The summed E-state index contributed by atoms with van der Waals surface area (Å²) in [7, 11) is -3.48. The molecule has 1 aliphatic carbocycles. The zero-order chi connectivity index (χ0) is 23.2. The number of Topliss-reactive ketones (excluding diaryl/α,β-unsaturated/α-hetero) is 1. The van der Waals surface area contributed by atoms with Gasteiger partial charge in [0, 0.05) is 43.3 Å². The number of aliphatic imine (C=N–C) groups is 1. The van der Waals surface area contributed by atoms with Crippen LogP contribution in [0.4, 0.5) is 17.1 Å². The number of nitrogens with one attached hydrogen (secondary N) is 1. The molecule has 33 heavy (non-hydrogen) atoms. The standard InChI is InChI=1S/C25H29N3O4S/c1-15-10-21-25(26-15)22(12-19(27-21)13-23(29)16-5-6-16)28-20-8-7-17(11-24(20)33(2,30)31)18-4-3-9-32-14-18/h7-8,11-12,16,18H,3-6,9-10,13-14H2,1-2H3,(H,27,28). The number of sulfone groups is 1. The number of rotatable bonds is 7. The van der Waals surface area contributed by atoms with Gasteiger partial charge in [-0.1, -0.05) is 6.07 Å². The van der Waals surface area contributed by atoms with Gasteiger partial charge in [-0.2, -0.15) is 0 Å². The van der Waals surface area contributed by atoms with E-state index in [1.165, 1.54) is 6.26 Å². The number of carbonyl (C=O) groups excluding carboxylic acids is 1. The Hall–Kier alpha value is -2.58. The van der Waals surface area contributed by atoms with Gasteiger partial charge in [0.1, 0.15) is 11.5 Å². The molecule has 1 unspecified atom stereocenters. The molecule has 3 heterocycles. The first-order chi connectivity index (χ1) is 15.8. The van der Waals surface area contributed by atoms with Gasteiger partial charge in [-0.15, -0.1) is 0 Å². The molecule has 2 aromatic rings. The first-order valence-electron chi connectivity index (χ1n) is 11.6. The Morgan fingerprint density at radius 2 is 2.00 bits per heavy atom. The summed E-state index contributed by atoms with van der Waals surface area (Å²) in [5.41, 5.74) is 5.37. The molecule has 1 saturated carbocycles. The zero-order valence-corrected chi connectivity index (χ0v) is 19.9. The molecule has 1 aromatic carbocycles. The molecule has 8 heteroatoms. The van der Waals surface area contributed by atoms with E-state index in [1.54, 1.807) is 6.07 Å². The van der Waals surface area contributed by atoms with Crippen LogP contribution in [0.5, 0.6) is 0 Å². The van der Waals surface area contributed by atoms with Crippen LogP contribution in [0.3, 0.4) is 0 Å². The van der Waals surface area contributed by atoms with E-state index >= 15 is 0 Å². The molecule has 7 nitrogen and oxygen atoms in total. The van der Waals surface area contributed by atoms with E-state index in [2.05, 4.69) is 10.3 Å². The van der Waals surface area contributed by atoms with Crippen LogP contribution in [0.1, 0.15) is 55.5 Å². The van der Waals surface area contributed by atoms with Crippen molar-refractivity contribution >= 4 is 38.4 Å². The Balaban J connectivity index is 1.51. The summed E-state index contributed by atoms with van der Waals surface area (Å²) < 4.78 is 31.0. The van der Waals surface area contributed by atoms with E-state index in [-0.39, 0.29) is 22.5 Å². The highest BCUT2D eigenvalue weighted by molar-refractivity contribution is 7.90. The second kappa shape index (κ2) is 8.65. The molecule has 0 spiro atoms. The van der Waals surface area contributed by atoms with Gasteiger partial charge >= 0.3 is 0 Å². The summed E-state index contributed by atoms with van der Waals surface area (Å²) in [6.07, 6.45) is 6.05. The average molecular weight is 468 g/mol. The number of aromatic nitrogens is 1. The predicted molar refractivity (Wildman–Crippen MR) is 128 cm³/mol. The Morgan fingerprint density at radius 1 is 1.18 bits per heavy atom. The van der Waals surface area contributed by atoms with Crippen LogP contribution >= 0.6 is 0 Å². The lowest BCUT2D eigenvalue weighted by atomic mass is 9.93. The number of carbonyl (C=O) groups is 1. The third kappa shape index (κ3) is 4.87. The average Bonchev–Trinajstić information content (AvgIpc) is 3.56. The number of benzene rings is 1. The zero-order valence-electron chi connectivity index (χ0n) is 19.1. The van der Waals surface area contributed by atoms with Crippen LogP contribution in [0.2, 0.25) is 0 Å². The summed E-state index contributed by atoms with van der Waals surface area (Å²) in [5, 5.41) is 3.32. The minimum atomic E-state index is -3.48. The first-order valence-corrected chi connectivity index (χ1v) is 13.5. The van der Waals surface area contributed by atoms with Crippen LogP contribution in [0.25, 0.3) is 0 Å². The lowest BCUT2D eigenvalue weighted by Crippen LogP contribution is -2.16. The third-order valence-electron chi connectivity index (χ3n) is 6.54. The smallest absolute Gasteiger partial charge is 0.177 e. The first kappa shape index (κ1) is 22.2. The van der Waals surface area contributed by atoms with Gasteiger partial charge in [0.15, 0.2) is 9.84 Å². The maximum Gasteiger partial charge on any atom is 0.177 e. The fourth-order valence-corrected chi connectivity index (χ4v) is 5.50. The molecule has 0 amide bonds. The molecule has 0 radical (unpaired) electrons. The number of hydrogen-bond donors (Lipinski definition) is 1. The molecule has 1 N–H and O–H groups in total. The molecular weight excluding hydrogens is 438 g/mol. The van der Waals surface area contributed by atoms with E-state index in [0.717, 1.165) is 54.9 Å². The van der Waals surface area contributed by atoms with Crippen molar-refractivity contribution in [3.63, 3.8) is 0 Å². The largest absolute Gasteiger partial charge is 0.381 e. The lowest BCUT2D eigenvalue weighted by molar-refractivity contribution is -0.119. The van der Waals surface area contributed by atoms with E-state index in [1.807, 2.05) is 25.1 Å². The summed E-state index contributed by atoms with van der Waals surface area (Å²) in [6.45, 7) is 3.32. The molecule has 2 fully saturated rings. The third-order valence-corrected chi connectivity index (χ3v) is 7.67. The van der Waals surface area contributed by atoms with Crippen LogP contribution in [0.15, 0.2) is 34.2 Å². The topological polar surface area (TPSA) is 97.7 Å². The molecule has 3 aliphatic rings. The maximum absolute atomic E-state index is 12.7. The fourth-order valence-electron chi connectivity index (χ4n) is 4.64. The van der Waals surface area contributed by atoms with E-state index in [9.17, 15) is 13.2 Å². The van der Waals surface area contributed by atoms with Crippen molar-refractivity contribution in [3.05, 3.63) is 41.2 Å². The number of pyridine rings is 1. The Morgan fingerprint density at radius 3 is 2.70 bits per heavy atom. The van der Waals surface area contributed by atoms with Crippen molar-refractivity contribution in [1.29, 1.82) is 0 Å². The highest BCUT2D eigenvalue weighted by Crippen LogP contribution is 2.39. The Labute approximate surface area is 194 Å². The number of hydrogen-bond acceptors (Lipinski definition) is 7.